The van der Waals surface area contributed by atoms with Crippen molar-refractivity contribution in [3.8, 4) is 0 Å². The number of carbonyl (C=O) groups is 2. The topological polar surface area (TPSA) is 124 Å². The zero-order chi connectivity index (χ0) is 24.3. The Labute approximate surface area is 191 Å². The van der Waals surface area contributed by atoms with Gasteiger partial charge >= 0.3 is 11.9 Å². The zero-order valence-corrected chi connectivity index (χ0v) is 19.3. The minimum atomic E-state index is -1.01. The molecule has 174 valence electrons. The maximum absolute atomic E-state index is 13.2. The van der Waals surface area contributed by atoms with E-state index in [1.165, 1.54) is 25.3 Å². The number of aromatic nitrogens is 1. The number of benzene rings is 1. The molecule has 2 heterocycles. The van der Waals surface area contributed by atoms with Crippen LogP contribution in [0.15, 0.2) is 52.9 Å². The van der Waals surface area contributed by atoms with Crippen molar-refractivity contribution in [2.45, 2.75) is 40.0 Å². The number of dihydropyridines is 1. The summed E-state index contributed by atoms with van der Waals surface area (Å²) in [5.74, 6) is -2.34. The van der Waals surface area contributed by atoms with E-state index in [1.807, 2.05) is 19.9 Å². The van der Waals surface area contributed by atoms with Crippen LogP contribution in [-0.2, 0) is 25.5 Å². The second kappa shape index (κ2) is 9.72. The second-order valence-electron chi connectivity index (χ2n) is 7.93. The van der Waals surface area contributed by atoms with Gasteiger partial charge in [-0.15, -0.1) is 0 Å². The Balaban J connectivity index is 1.99. The predicted octanol–water partition coefficient (Wildman–Crippen LogP) is 3.73. The van der Waals surface area contributed by atoms with Gasteiger partial charge in [0.15, 0.2) is 0 Å². The summed E-state index contributed by atoms with van der Waals surface area (Å²) in [6.45, 7) is 7.35. The van der Waals surface area contributed by atoms with Crippen LogP contribution in [0.3, 0.4) is 0 Å². The van der Waals surface area contributed by atoms with Crippen LogP contribution in [-0.4, -0.2) is 35.6 Å². The molecule has 9 heteroatoms. The van der Waals surface area contributed by atoms with E-state index >= 15 is 0 Å². The Morgan fingerprint density at radius 2 is 1.70 bits per heavy atom. The summed E-state index contributed by atoms with van der Waals surface area (Å²) in [6.07, 6.45) is 0.510. The van der Waals surface area contributed by atoms with E-state index in [2.05, 4.69) is 10.3 Å². The van der Waals surface area contributed by atoms with Crippen molar-refractivity contribution in [1.29, 1.82) is 0 Å². The molecule has 1 aromatic heterocycles. The number of nitro benzene ring substituents is 1. The fraction of sp³-hybridized carbons (Fsp3) is 0.333. The van der Waals surface area contributed by atoms with Gasteiger partial charge in [0.05, 0.1) is 35.7 Å². The zero-order valence-electron chi connectivity index (χ0n) is 19.3. The lowest BCUT2D eigenvalue weighted by Crippen LogP contribution is -2.32. The standard InChI is InChI=1S/C24H27N3O6/c1-13-12-17(14(2)25-13)10-11-33-24(29)21-16(4)26-15(3)20(23(28)32-5)22(21)18-8-6-7-9-19(18)27(30)31/h6-9,12,22,25-26H,10-11H2,1-5H3. The number of hydrogen-bond acceptors (Lipinski definition) is 7. The highest BCUT2D eigenvalue weighted by Crippen LogP contribution is 2.42. The molecule has 0 amide bonds. The second-order valence-corrected chi connectivity index (χ2v) is 7.93. The summed E-state index contributed by atoms with van der Waals surface area (Å²) in [7, 11) is 1.23. The molecule has 0 fully saturated rings. The monoisotopic (exact) mass is 453 g/mol. The highest BCUT2D eigenvalue weighted by molar-refractivity contribution is 6.00. The Hall–Kier alpha value is -3.88. The average Bonchev–Trinajstić information content (AvgIpc) is 3.09. The summed E-state index contributed by atoms with van der Waals surface area (Å²) in [4.78, 5) is 40.3. The van der Waals surface area contributed by atoms with Crippen LogP contribution in [0.4, 0.5) is 5.69 Å². The number of allylic oxidation sites excluding steroid dienone is 2. The molecule has 0 aliphatic carbocycles. The summed E-state index contributed by atoms with van der Waals surface area (Å²) < 4.78 is 10.5. The van der Waals surface area contributed by atoms with Gasteiger partial charge in [-0.25, -0.2) is 9.59 Å². The van der Waals surface area contributed by atoms with Crippen LogP contribution in [0.25, 0.3) is 0 Å². The van der Waals surface area contributed by atoms with Gasteiger partial charge in [0.1, 0.15) is 0 Å². The lowest BCUT2D eigenvalue weighted by Gasteiger charge is -2.30. The molecule has 1 aromatic carbocycles. The van der Waals surface area contributed by atoms with Crippen molar-refractivity contribution in [3.63, 3.8) is 0 Å². The number of methoxy groups -OCH3 is 1. The largest absolute Gasteiger partial charge is 0.466 e. The van der Waals surface area contributed by atoms with Crippen LogP contribution in [0.2, 0.25) is 0 Å². The fourth-order valence-corrected chi connectivity index (χ4v) is 4.23. The molecule has 2 N–H and O–H groups in total. The molecule has 1 aliphatic heterocycles. The maximum Gasteiger partial charge on any atom is 0.336 e. The van der Waals surface area contributed by atoms with Gasteiger partial charge in [0.25, 0.3) is 5.69 Å². The molecule has 0 bridgehead atoms. The minimum absolute atomic E-state index is 0.119. The Bertz CT molecular complexity index is 1170. The lowest BCUT2D eigenvalue weighted by atomic mass is 9.79. The molecule has 9 nitrogen and oxygen atoms in total. The van der Waals surface area contributed by atoms with Crippen LogP contribution < -0.4 is 5.32 Å². The van der Waals surface area contributed by atoms with Gasteiger partial charge in [-0.1, -0.05) is 18.2 Å². The molecule has 0 saturated carbocycles. The van der Waals surface area contributed by atoms with Gasteiger partial charge in [-0.3, -0.25) is 10.1 Å². The normalized spacial score (nSPS) is 15.8. The van der Waals surface area contributed by atoms with Crippen LogP contribution >= 0.6 is 0 Å². The van der Waals surface area contributed by atoms with E-state index in [4.69, 9.17) is 9.47 Å². The molecule has 1 unspecified atom stereocenters. The molecule has 2 aromatic rings. The van der Waals surface area contributed by atoms with Gasteiger partial charge in [0.2, 0.25) is 0 Å². The molecule has 0 spiro atoms. The number of para-hydroxylation sites is 1. The molecule has 1 aliphatic rings. The number of nitrogens with zero attached hydrogens (tertiary/aromatic N) is 1. The van der Waals surface area contributed by atoms with Crippen molar-refractivity contribution >= 4 is 17.6 Å². The van der Waals surface area contributed by atoms with E-state index in [0.717, 1.165) is 17.0 Å². The number of ether oxygens (including phenoxy) is 2. The fourth-order valence-electron chi connectivity index (χ4n) is 4.23. The Kier molecular flexibility index (Phi) is 7.01. The summed E-state index contributed by atoms with van der Waals surface area (Å²) in [5.41, 5.74) is 4.25. The minimum Gasteiger partial charge on any atom is -0.466 e. The molecule has 33 heavy (non-hydrogen) atoms. The number of hydrogen-bond donors (Lipinski definition) is 2. The number of nitrogens with one attached hydrogen (secondary N) is 2. The summed E-state index contributed by atoms with van der Waals surface area (Å²) in [6, 6.07) is 8.04. The maximum atomic E-state index is 13.2. The molecule has 3 rings (SSSR count). The third kappa shape index (κ3) is 4.82. The summed E-state index contributed by atoms with van der Waals surface area (Å²) >= 11 is 0. The third-order valence-corrected chi connectivity index (χ3v) is 5.69. The number of nitro groups is 1. The predicted molar refractivity (Wildman–Crippen MR) is 121 cm³/mol. The number of esters is 2. The van der Waals surface area contributed by atoms with E-state index in [1.54, 1.807) is 19.9 Å². The van der Waals surface area contributed by atoms with E-state index in [0.29, 0.717) is 17.8 Å². The highest BCUT2D eigenvalue weighted by atomic mass is 16.6. The lowest BCUT2D eigenvalue weighted by molar-refractivity contribution is -0.385. The smallest absolute Gasteiger partial charge is 0.336 e. The van der Waals surface area contributed by atoms with Gasteiger partial charge in [0, 0.05) is 40.8 Å². The average molecular weight is 453 g/mol. The first-order valence-electron chi connectivity index (χ1n) is 10.5. The van der Waals surface area contributed by atoms with Crippen molar-refractivity contribution in [2.75, 3.05) is 13.7 Å². The van der Waals surface area contributed by atoms with E-state index in [9.17, 15) is 19.7 Å². The van der Waals surface area contributed by atoms with Crippen molar-refractivity contribution in [3.05, 3.63) is 85.5 Å². The Morgan fingerprint density at radius 1 is 1.06 bits per heavy atom. The number of carbonyl (C=O) groups excluding carboxylic acids is 2. The van der Waals surface area contributed by atoms with E-state index in [-0.39, 0.29) is 29.0 Å². The van der Waals surface area contributed by atoms with Gasteiger partial charge in [-0.05, 0) is 39.3 Å². The molecule has 0 radical (unpaired) electrons. The first-order chi connectivity index (χ1) is 15.6. The molecular formula is C24H27N3O6. The third-order valence-electron chi connectivity index (χ3n) is 5.69. The van der Waals surface area contributed by atoms with Crippen molar-refractivity contribution in [2.24, 2.45) is 0 Å². The van der Waals surface area contributed by atoms with Gasteiger partial charge in [-0.2, -0.15) is 0 Å². The van der Waals surface area contributed by atoms with Gasteiger partial charge < -0.3 is 19.8 Å². The van der Waals surface area contributed by atoms with Crippen LogP contribution in [0.1, 0.15) is 42.3 Å². The number of H-pyrrole nitrogens is 1. The summed E-state index contributed by atoms with van der Waals surface area (Å²) in [5, 5.41) is 14.8. The van der Waals surface area contributed by atoms with Crippen LogP contribution in [0, 0.1) is 24.0 Å². The quantitative estimate of drug-likeness (QED) is 0.372. The van der Waals surface area contributed by atoms with E-state index < -0.39 is 22.8 Å². The van der Waals surface area contributed by atoms with Crippen LogP contribution in [0.5, 0.6) is 0 Å². The number of rotatable bonds is 7. The highest BCUT2D eigenvalue weighted by Gasteiger charge is 2.40. The number of aromatic amines is 1. The molecular weight excluding hydrogens is 426 g/mol. The first-order valence-corrected chi connectivity index (χ1v) is 10.5. The molecule has 0 saturated heterocycles. The number of aryl methyl sites for hydroxylation is 2. The first kappa shape index (κ1) is 23.8. The Morgan fingerprint density at radius 3 is 2.27 bits per heavy atom. The SMILES string of the molecule is COC(=O)C1=C(C)NC(C)=C(C(=O)OCCc2cc(C)[nH]c2C)C1c1ccccc1[N+](=O)[O-]. The molecule has 1 atom stereocenters. The van der Waals surface area contributed by atoms with Crippen molar-refractivity contribution < 1.29 is 24.0 Å². The van der Waals surface area contributed by atoms with Crippen molar-refractivity contribution in [1.82, 2.24) is 10.3 Å².